The summed E-state index contributed by atoms with van der Waals surface area (Å²) in [4.78, 5) is 21.4. The summed E-state index contributed by atoms with van der Waals surface area (Å²) in [6, 6.07) is 0. The van der Waals surface area contributed by atoms with Crippen LogP contribution in [0.25, 0.3) is 5.32 Å². The van der Waals surface area contributed by atoms with Gasteiger partial charge in [-0.05, 0) is 5.84 Å². The van der Waals surface area contributed by atoms with Gasteiger partial charge in [-0.1, -0.05) is 0 Å². The number of fused-ring (bicyclic) bond motifs is 1. The van der Waals surface area contributed by atoms with Crippen molar-refractivity contribution in [2.75, 3.05) is 18.6 Å². The van der Waals surface area contributed by atoms with E-state index < -0.39 is 39.0 Å². The molecule has 0 bridgehead atoms. The number of aliphatic hydroxyl groups excluding tert-OH is 2. The van der Waals surface area contributed by atoms with Gasteiger partial charge in [0.15, 0.2) is 6.23 Å². The number of ether oxygens (including phenoxy) is 1. The van der Waals surface area contributed by atoms with E-state index in [1.165, 1.54) is 10.9 Å². The molecule has 0 radical (unpaired) electrons. The minimum Gasteiger partial charge on any atom is -0.480 e. The molecule has 3 heterocycles. The third-order valence-electron chi connectivity index (χ3n) is 3.52. The molecule has 128 valence electrons. The largest absolute Gasteiger partial charge is 1.00 e. The topological polar surface area (TPSA) is 184 Å². The Labute approximate surface area is 158 Å². The first-order chi connectivity index (χ1) is 10.8. The molecule has 24 heavy (non-hydrogen) atoms. The molecule has 1 fully saturated rings. The van der Waals surface area contributed by atoms with Crippen molar-refractivity contribution in [3.8, 4) is 0 Å². The number of aliphatic hydroxyl groups is 2. The molecule has 0 aliphatic carbocycles. The van der Waals surface area contributed by atoms with Crippen LogP contribution in [-0.2, 0) is 13.8 Å². The minimum absolute atomic E-state index is 0. The maximum Gasteiger partial charge on any atom is 1.00 e. The number of amidine groups is 1. The Balaban J connectivity index is 0.00000208. The van der Waals surface area contributed by atoms with Crippen LogP contribution >= 0.6 is 7.82 Å². The van der Waals surface area contributed by atoms with Crippen LogP contribution in [-0.4, -0.2) is 67.0 Å². The number of hydrogen-bond acceptors (Lipinski definition) is 8. The number of aromatic nitrogens is 2. The van der Waals surface area contributed by atoms with Gasteiger partial charge < -0.3 is 40.8 Å². The standard InChI is InChI=1S/C10H15N5O7P.Na/c11-8-5-9(13-2-12-8)15(3-14-5)10-7(17)6(16)4(22-10)1-21-23(18,19)20;/h3-4,6-7,10,13,16-17H,1-2H2,(H3-,11,12,18,19,20);/q-1;+1/t4-,6-,7-,10-;/m1./s1. The van der Waals surface area contributed by atoms with E-state index in [0.717, 1.165) is 0 Å². The van der Waals surface area contributed by atoms with Crippen molar-refractivity contribution in [3.63, 3.8) is 0 Å². The smallest absolute Gasteiger partial charge is 0.480 e. The van der Waals surface area contributed by atoms with Gasteiger partial charge >= 0.3 is 37.4 Å². The van der Waals surface area contributed by atoms with Crippen molar-refractivity contribution >= 4 is 19.5 Å². The van der Waals surface area contributed by atoms with E-state index in [-0.39, 0.29) is 47.8 Å². The van der Waals surface area contributed by atoms with Crippen molar-refractivity contribution in [3.05, 3.63) is 17.3 Å². The SMILES string of the molecule is N=C1[N-]CNc2c1ncn2[C@@H]1O[C@H](COP(=O)(O)O)[C@@H](O)[C@H]1O.[Na+]. The molecule has 4 atom stereocenters. The zero-order valence-corrected chi connectivity index (χ0v) is 15.5. The number of phosphoric acid groups is 1. The number of anilines is 1. The summed E-state index contributed by atoms with van der Waals surface area (Å²) >= 11 is 0. The third kappa shape index (κ3) is 3.83. The first-order valence-corrected chi connectivity index (χ1v) is 8.10. The van der Waals surface area contributed by atoms with Crippen molar-refractivity contribution in [1.29, 1.82) is 5.41 Å². The van der Waals surface area contributed by atoms with Crippen LogP contribution in [0, 0.1) is 5.41 Å². The normalized spacial score (nSPS) is 29.4. The number of nitrogens with one attached hydrogen (secondary N) is 2. The molecule has 3 rings (SSSR count). The maximum absolute atomic E-state index is 10.7. The Morgan fingerprint density at radius 1 is 1.50 bits per heavy atom. The van der Waals surface area contributed by atoms with Crippen molar-refractivity contribution < 1.29 is 63.4 Å². The molecule has 0 amide bonds. The number of imidazole rings is 1. The summed E-state index contributed by atoms with van der Waals surface area (Å²) in [5, 5.41) is 34.5. The average molecular weight is 371 g/mol. The summed E-state index contributed by atoms with van der Waals surface area (Å²) in [6.07, 6.45) is -3.64. The Bertz CT molecular complexity index is 666. The van der Waals surface area contributed by atoms with Gasteiger partial charge in [0.05, 0.1) is 12.9 Å². The second-order valence-electron chi connectivity index (χ2n) is 5.02. The fourth-order valence-electron chi connectivity index (χ4n) is 2.44. The Kier molecular flexibility index (Phi) is 6.08. The van der Waals surface area contributed by atoms with Gasteiger partial charge in [0.1, 0.15) is 29.8 Å². The maximum atomic E-state index is 10.7. The molecule has 1 aromatic heterocycles. The summed E-state index contributed by atoms with van der Waals surface area (Å²) in [7, 11) is -4.72. The fourth-order valence-corrected chi connectivity index (χ4v) is 2.78. The van der Waals surface area contributed by atoms with E-state index in [9.17, 15) is 14.8 Å². The summed E-state index contributed by atoms with van der Waals surface area (Å²) < 4.78 is 21.9. The van der Waals surface area contributed by atoms with E-state index in [1.807, 2.05) is 0 Å². The second kappa shape index (κ2) is 7.38. The molecule has 0 unspecified atom stereocenters. The summed E-state index contributed by atoms with van der Waals surface area (Å²) in [5.74, 6) is 0.379. The van der Waals surface area contributed by atoms with Gasteiger partial charge in [-0.2, -0.15) is 0 Å². The van der Waals surface area contributed by atoms with E-state index in [0.29, 0.717) is 5.82 Å². The molecule has 2 aliphatic heterocycles. The van der Waals surface area contributed by atoms with Crippen LogP contribution in [0.4, 0.5) is 5.82 Å². The van der Waals surface area contributed by atoms with Crippen LogP contribution in [0.3, 0.4) is 0 Å². The van der Waals surface area contributed by atoms with Gasteiger partial charge in [0.25, 0.3) is 0 Å². The monoisotopic (exact) mass is 371 g/mol. The summed E-state index contributed by atoms with van der Waals surface area (Å²) in [6.45, 7) is -0.428. The van der Waals surface area contributed by atoms with Crippen LogP contribution in [0.5, 0.6) is 0 Å². The number of rotatable bonds is 4. The molecule has 6 N–H and O–H groups in total. The van der Waals surface area contributed by atoms with Crippen molar-refractivity contribution in [1.82, 2.24) is 9.55 Å². The van der Waals surface area contributed by atoms with E-state index in [4.69, 9.17) is 19.9 Å². The molecule has 0 aromatic carbocycles. The van der Waals surface area contributed by atoms with Crippen molar-refractivity contribution in [2.45, 2.75) is 24.5 Å². The Morgan fingerprint density at radius 2 is 2.21 bits per heavy atom. The molecule has 1 saturated heterocycles. The number of nitrogens with zero attached hydrogens (tertiary/aromatic N) is 3. The van der Waals surface area contributed by atoms with Crippen molar-refractivity contribution in [2.24, 2.45) is 0 Å². The quantitative estimate of drug-likeness (QED) is 0.225. The van der Waals surface area contributed by atoms with Crippen LogP contribution in [0.15, 0.2) is 6.33 Å². The first-order valence-electron chi connectivity index (χ1n) is 6.57. The van der Waals surface area contributed by atoms with Crippen LogP contribution < -0.4 is 34.9 Å². The molecule has 0 spiro atoms. The number of phosphoric ester groups is 1. The molecule has 14 heteroatoms. The zero-order chi connectivity index (χ0) is 16.8. The van der Waals surface area contributed by atoms with Gasteiger partial charge in [-0.25, -0.2) is 9.55 Å². The van der Waals surface area contributed by atoms with Crippen LogP contribution in [0.2, 0.25) is 0 Å². The molecule has 0 saturated carbocycles. The second-order valence-corrected chi connectivity index (χ2v) is 6.26. The van der Waals surface area contributed by atoms with Gasteiger partial charge in [-0.3, -0.25) is 9.09 Å². The van der Waals surface area contributed by atoms with E-state index >= 15 is 0 Å². The number of hydrogen-bond donors (Lipinski definition) is 6. The van der Waals surface area contributed by atoms with Crippen LogP contribution in [0.1, 0.15) is 11.9 Å². The predicted octanol–water partition coefficient (Wildman–Crippen LogP) is -4.30. The predicted molar refractivity (Wildman–Crippen MR) is 74.8 cm³/mol. The molecule has 12 nitrogen and oxygen atoms in total. The van der Waals surface area contributed by atoms with Gasteiger partial charge in [-0.15, -0.1) is 0 Å². The van der Waals surface area contributed by atoms with Gasteiger partial charge in [0, 0.05) is 6.67 Å². The summed E-state index contributed by atoms with van der Waals surface area (Å²) in [5.41, 5.74) is 0.274. The van der Waals surface area contributed by atoms with E-state index in [2.05, 4.69) is 20.1 Å². The fraction of sp³-hybridized carbons (Fsp3) is 0.600. The Morgan fingerprint density at radius 3 is 2.88 bits per heavy atom. The molecule has 2 aliphatic rings. The average Bonchev–Trinajstić information content (AvgIpc) is 3.01. The Hall–Kier alpha value is -0.530. The molecular formula is C10H15N5NaO7P. The minimum atomic E-state index is -4.72. The van der Waals surface area contributed by atoms with E-state index in [1.54, 1.807) is 0 Å². The third-order valence-corrected chi connectivity index (χ3v) is 4.01. The first kappa shape index (κ1) is 19.8. The zero-order valence-electron chi connectivity index (χ0n) is 12.6. The molecular weight excluding hydrogens is 356 g/mol. The van der Waals surface area contributed by atoms with Gasteiger partial charge in [0.2, 0.25) is 0 Å². The molecule has 1 aromatic rings.